The summed E-state index contributed by atoms with van der Waals surface area (Å²) in [4.78, 5) is 13.8. The van der Waals surface area contributed by atoms with Crippen molar-refractivity contribution in [3.8, 4) is 0 Å². The third kappa shape index (κ3) is 4.16. The molecule has 3 rings (SSSR count). The Labute approximate surface area is 168 Å². The minimum atomic E-state index is -3.87. The SMILES string of the molecule is O=C(c1cc(Br)ccc1F)N1CCN(S(=O)(=O)c2ccc(F)c(Cl)c2)CC1. The molecule has 1 aliphatic heterocycles. The maximum atomic E-state index is 13.9. The van der Waals surface area contributed by atoms with Gasteiger partial charge in [0.05, 0.1) is 15.5 Å². The zero-order valence-corrected chi connectivity index (χ0v) is 17.0. The Morgan fingerprint density at radius 1 is 1.00 bits per heavy atom. The van der Waals surface area contributed by atoms with Gasteiger partial charge in [-0.25, -0.2) is 17.2 Å². The molecule has 0 radical (unpaired) electrons. The highest BCUT2D eigenvalue weighted by Gasteiger charge is 2.31. The molecule has 1 heterocycles. The molecule has 1 saturated heterocycles. The Balaban J connectivity index is 1.73. The molecule has 27 heavy (non-hydrogen) atoms. The highest BCUT2D eigenvalue weighted by Crippen LogP contribution is 2.24. The second kappa shape index (κ2) is 7.83. The van der Waals surface area contributed by atoms with Crippen molar-refractivity contribution in [2.45, 2.75) is 4.90 Å². The molecule has 5 nitrogen and oxygen atoms in total. The van der Waals surface area contributed by atoms with Gasteiger partial charge in [0.1, 0.15) is 11.6 Å². The van der Waals surface area contributed by atoms with Crippen LogP contribution in [0.3, 0.4) is 0 Å². The van der Waals surface area contributed by atoms with Crippen LogP contribution in [0.5, 0.6) is 0 Å². The summed E-state index contributed by atoms with van der Waals surface area (Å²) in [7, 11) is -3.87. The van der Waals surface area contributed by atoms with E-state index in [0.29, 0.717) is 4.47 Å². The van der Waals surface area contributed by atoms with Crippen molar-refractivity contribution in [3.05, 3.63) is 63.1 Å². The number of amides is 1. The number of hydrogen-bond acceptors (Lipinski definition) is 3. The first kappa shape index (κ1) is 20.2. The van der Waals surface area contributed by atoms with E-state index in [2.05, 4.69) is 15.9 Å². The maximum absolute atomic E-state index is 13.9. The van der Waals surface area contributed by atoms with Gasteiger partial charge in [0.25, 0.3) is 5.91 Å². The lowest BCUT2D eigenvalue weighted by molar-refractivity contribution is 0.0693. The second-order valence-corrected chi connectivity index (χ2v) is 9.16. The first-order valence-electron chi connectivity index (χ1n) is 7.89. The molecule has 0 bridgehead atoms. The van der Waals surface area contributed by atoms with E-state index in [4.69, 9.17) is 11.6 Å². The summed E-state index contributed by atoms with van der Waals surface area (Å²) >= 11 is 8.87. The van der Waals surface area contributed by atoms with Crippen molar-refractivity contribution in [2.75, 3.05) is 26.2 Å². The Hall–Kier alpha value is -1.55. The molecule has 1 amide bonds. The Morgan fingerprint density at radius 3 is 2.26 bits per heavy atom. The van der Waals surface area contributed by atoms with Gasteiger partial charge in [-0.15, -0.1) is 0 Å². The van der Waals surface area contributed by atoms with Crippen molar-refractivity contribution in [2.24, 2.45) is 0 Å². The first-order valence-corrected chi connectivity index (χ1v) is 10.5. The van der Waals surface area contributed by atoms with Gasteiger partial charge in [0.2, 0.25) is 10.0 Å². The molecule has 0 aromatic heterocycles. The normalized spacial score (nSPS) is 15.8. The maximum Gasteiger partial charge on any atom is 0.256 e. The van der Waals surface area contributed by atoms with Crippen molar-refractivity contribution in [1.29, 1.82) is 0 Å². The number of benzene rings is 2. The van der Waals surface area contributed by atoms with Crippen LogP contribution in [0.2, 0.25) is 5.02 Å². The number of nitrogens with zero attached hydrogens (tertiary/aromatic N) is 2. The van der Waals surface area contributed by atoms with Crippen molar-refractivity contribution in [1.82, 2.24) is 9.21 Å². The van der Waals surface area contributed by atoms with Crippen LogP contribution in [0, 0.1) is 11.6 Å². The van der Waals surface area contributed by atoms with Crippen LogP contribution in [0.1, 0.15) is 10.4 Å². The van der Waals surface area contributed by atoms with Crippen LogP contribution < -0.4 is 0 Å². The lowest BCUT2D eigenvalue weighted by Crippen LogP contribution is -2.50. The van der Waals surface area contributed by atoms with Crippen LogP contribution >= 0.6 is 27.5 Å². The predicted octanol–water partition coefficient (Wildman–Crippen LogP) is 3.53. The molecular weight excluding hydrogens is 466 g/mol. The molecule has 144 valence electrons. The first-order chi connectivity index (χ1) is 12.7. The smallest absolute Gasteiger partial charge is 0.256 e. The lowest BCUT2D eigenvalue weighted by Gasteiger charge is -2.34. The monoisotopic (exact) mass is 478 g/mol. The predicted molar refractivity (Wildman–Crippen MR) is 100 cm³/mol. The van der Waals surface area contributed by atoms with Gasteiger partial charge in [-0.3, -0.25) is 4.79 Å². The zero-order valence-electron chi connectivity index (χ0n) is 13.8. The van der Waals surface area contributed by atoms with Gasteiger partial charge in [-0.2, -0.15) is 4.31 Å². The fourth-order valence-electron chi connectivity index (χ4n) is 2.75. The fraction of sp³-hybridized carbons (Fsp3) is 0.235. The van der Waals surface area contributed by atoms with Crippen molar-refractivity contribution in [3.63, 3.8) is 0 Å². The van der Waals surface area contributed by atoms with E-state index in [1.165, 1.54) is 27.4 Å². The average Bonchev–Trinajstić information content (AvgIpc) is 2.65. The third-order valence-electron chi connectivity index (χ3n) is 4.21. The van der Waals surface area contributed by atoms with Crippen LogP contribution in [0.25, 0.3) is 0 Å². The molecule has 2 aromatic carbocycles. The standard InChI is InChI=1S/C17H14BrClF2N2O3S/c18-11-1-3-15(20)13(9-11)17(24)22-5-7-23(8-6-22)27(25,26)12-2-4-16(21)14(19)10-12/h1-4,9-10H,5-8H2. The highest BCUT2D eigenvalue weighted by atomic mass is 79.9. The molecule has 0 saturated carbocycles. The molecular formula is C17H14BrClF2N2O3S. The van der Waals surface area contributed by atoms with Crippen molar-refractivity contribution < 1.29 is 22.0 Å². The van der Waals surface area contributed by atoms with E-state index in [1.807, 2.05) is 0 Å². The topological polar surface area (TPSA) is 57.7 Å². The van der Waals surface area contributed by atoms with Crippen LogP contribution in [0.4, 0.5) is 8.78 Å². The van der Waals surface area contributed by atoms with Gasteiger partial charge in [-0.1, -0.05) is 27.5 Å². The molecule has 10 heteroatoms. The van der Waals surface area contributed by atoms with Crippen molar-refractivity contribution >= 4 is 43.5 Å². The lowest BCUT2D eigenvalue weighted by atomic mass is 10.1. The minimum absolute atomic E-state index is 0.0404. The number of rotatable bonds is 3. The minimum Gasteiger partial charge on any atom is -0.336 e. The third-order valence-corrected chi connectivity index (χ3v) is 6.89. The van der Waals surface area contributed by atoms with E-state index in [-0.39, 0.29) is 41.7 Å². The number of carbonyl (C=O) groups is 1. The number of carbonyl (C=O) groups excluding carboxylic acids is 1. The van der Waals surface area contributed by atoms with Gasteiger partial charge < -0.3 is 4.90 Å². The van der Waals surface area contributed by atoms with E-state index in [9.17, 15) is 22.0 Å². The van der Waals surface area contributed by atoms with Gasteiger partial charge >= 0.3 is 0 Å². The Bertz CT molecular complexity index is 996. The summed E-state index contributed by atoms with van der Waals surface area (Å²) in [6.45, 7) is 0.301. The summed E-state index contributed by atoms with van der Waals surface area (Å²) in [6, 6.07) is 7.26. The molecule has 2 aromatic rings. The van der Waals surface area contributed by atoms with Crippen LogP contribution in [-0.4, -0.2) is 49.7 Å². The van der Waals surface area contributed by atoms with Crippen LogP contribution in [0.15, 0.2) is 45.8 Å². The molecule has 0 aliphatic carbocycles. The Kier molecular flexibility index (Phi) is 5.85. The largest absolute Gasteiger partial charge is 0.336 e. The summed E-state index contributed by atoms with van der Waals surface area (Å²) in [5.41, 5.74) is -0.0778. The molecule has 0 spiro atoms. The summed E-state index contributed by atoms with van der Waals surface area (Å²) in [5.74, 6) is -1.85. The quantitative estimate of drug-likeness (QED) is 0.677. The van der Waals surface area contributed by atoms with Crippen LogP contribution in [-0.2, 0) is 10.0 Å². The van der Waals surface area contributed by atoms with E-state index >= 15 is 0 Å². The zero-order chi connectivity index (χ0) is 19.8. The number of sulfonamides is 1. The molecule has 0 unspecified atom stereocenters. The average molecular weight is 480 g/mol. The van der Waals surface area contributed by atoms with E-state index < -0.39 is 27.6 Å². The van der Waals surface area contributed by atoms with Gasteiger partial charge in [-0.05, 0) is 36.4 Å². The number of halogens is 4. The molecule has 0 N–H and O–H groups in total. The van der Waals surface area contributed by atoms with Gasteiger partial charge in [0.15, 0.2) is 0 Å². The number of hydrogen-bond donors (Lipinski definition) is 0. The van der Waals surface area contributed by atoms with E-state index in [1.54, 1.807) is 0 Å². The fourth-order valence-corrected chi connectivity index (χ4v) is 4.80. The molecule has 0 atom stereocenters. The summed E-state index contributed by atoms with van der Waals surface area (Å²) in [5, 5.41) is -0.282. The summed E-state index contributed by atoms with van der Waals surface area (Å²) in [6.07, 6.45) is 0. The van der Waals surface area contributed by atoms with E-state index in [0.717, 1.165) is 18.2 Å². The second-order valence-electron chi connectivity index (χ2n) is 5.90. The summed E-state index contributed by atoms with van der Waals surface area (Å²) < 4.78 is 54.3. The molecule has 1 fully saturated rings. The number of piperazine rings is 1. The highest BCUT2D eigenvalue weighted by molar-refractivity contribution is 9.10. The molecule has 1 aliphatic rings. The van der Waals surface area contributed by atoms with Gasteiger partial charge in [0, 0.05) is 30.7 Å². The Morgan fingerprint density at radius 2 is 1.63 bits per heavy atom.